The van der Waals surface area contributed by atoms with Crippen molar-refractivity contribution >= 4 is 11.8 Å². The lowest BCUT2D eigenvalue weighted by molar-refractivity contribution is -0.124. The largest absolute Gasteiger partial charge is 0.459 e. The van der Waals surface area contributed by atoms with Gasteiger partial charge in [-0.05, 0) is 36.8 Å². The molecule has 2 rings (SSSR count). The first-order valence-corrected chi connectivity index (χ1v) is 6.70. The highest BCUT2D eigenvalue weighted by Crippen LogP contribution is 2.27. The molecule has 0 radical (unpaired) electrons. The molecule has 2 N–H and O–H groups in total. The molecule has 2 amide bonds. The molecule has 0 saturated heterocycles. The summed E-state index contributed by atoms with van der Waals surface area (Å²) in [6, 6.07) is 2.69. The highest BCUT2D eigenvalue weighted by atomic mass is 16.3. The fraction of sp³-hybridized carbons (Fsp3) is 0.571. The van der Waals surface area contributed by atoms with Crippen molar-refractivity contribution in [3.05, 3.63) is 24.2 Å². The quantitative estimate of drug-likeness (QED) is 0.819. The van der Waals surface area contributed by atoms with E-state index in [1.165, 1.54) is 19.1 Å². The highest BCUT2D eigenvalue weighted by Gasteiger charge is 2.27. The van der Waals surface area contributed by atoms with Crippen molar-refractivity contribution < 1.29 is 14.0 Å². The number of carbonyl (C=O) groups excluding carboxylic acids is 2. The van der Waals surface area contributed by atoms with E-state index in [4.69, 9.17) is 4.42 Å². The van der Waals surface area contributed by atoms with Gasteiger partial charge in [-0.15, -0.1) is 0 Å². The third-order valence-electron chi connectivity index (χ3n) is 3.24. The van der Waals surface area contributed by atoms with Gasteiger partial charge in [0.2, 0.25) is 5.91 Å². The first kappa shape index (κ1) is 13.6. The van der Waals surface area contributed by atoms with E-state index in [9.17, 15) is 9.59 Å². The van der Waals surface area contributed by atoms with Crippen LogP contribution in [0.15, 0.2) is 22.8 Å². The zero-order valence-corrected chi connectivity index (χ0v) is 11.3. The Morgan fingerprint density at radius 3 is 2.68 bits per heavy atom. The molecule has 1 aromatic rings. The first-order chi connectivity index (χ1) is 9.08. The Balaban J connectivity index is 1.91. The molecule has 1 fully saturated rings. The predicted octanol–water partition coefficient (Wildman–Crippen LogP) is 1.56. The summed E-state index contributed by atoms with van der Waals surface area (Å²) in [5, 5.41) is 5.61. The van der Waals surface area contributed by atoms with Gasteiger partial charge in [0.05, 0.1) is 6.26 Å². The van der Waals surface area contributed by atoms with E-state index in [0.717, 1.165) is 0 Å². The molecule has 19 heavy (non-hydrogen) atoms. The number of nitrogens with one attached hydrogen (secondary N) is 2. The molecular weight excluding hydrogens is 244 g/mol. The van der Waals surface area contributed by atoms with Crippen LogP contribution in [0.3, 0.4) is 0 Å². The highest BCUT2D eigenvalue weighted by molar-refractivity contribution is 5.95. The molecule has 1 heterocycles. The topological polar surface area (TPSA) is 71.3 Å². The van der Waals surface area contributed by atoms with Crippen LogP contribution in [0, 0.1) is 11.8 Å². The maximum Gasteiger partial charge on any atom is 0.287 e. The Hall–Kier alpha value is -1.78. The molecule has 5 nitrogen and oxygen atoms in total. The van der Waals surface area contributed by atoms with Gasteiger partial charge in [-0.1, -0.05) is 13.8 Å². The lowest BCUT2D eigenvalue weighted by Crippen LogP contribution is -2.50. The Bertz CT molecular complexity index is 436. The van der Waals surface area contributed by atoms with Gasteiger partial charge < -0.3 is 15.1 Å². The molecule has 1 aliphatic rings. The summed E-state index contributed by atoms with van der Waals surface area (Å²) in [7, 11) is 0. The molecule has 1 aromatic heterocycles. The summed E-state index contributed by atoms with van der Waals surface area (Å²) in [6.45, 7) is 4.52. The Kier molecular flexibility index (Phi) is 4.24. The second kappa shape index (κ2) is 5.91. The van der Waals surface area contributed by atoms with E-state index in [1.54, 1.807) is 12.1 Å². The average Bonchev–Trinajstić information content (AvgIpc) is 3.04. The van der Waals surface area contributed by atoms with Crippen molar-refractivity contribution in [2.45, 2.75) is 32.7 Å². The number of hydrogen-bond donors (Lipinski definition) is 2. The first-order valence-electron chi connectivity index (χ1n) is 6.70. The molecule has 0 spiro atoms. The number of hydrogen-bond acceptors (Lipinski definition) is 3. The summed E-state index contributed by atoms with van der Waals surface area (Å²) >= 11 is 0. The summed E-state index contributed by atoms with van der Waals surface area (Å²) < 4.78 is 5.02. The van der Waals surface area contributed by atoms with Crippen LogP contribution in [0.2, 0.25) is 0 Å². The van der Waals surface area contributed by atoms with Crippen molar-refractivity contribution in [3.8, 4) is 0 Å². The van der Waals surface area contributed by atoms with Crippen LogP contribution in [-0.2, 0) is 4.79 Å². The van der Waals surface area contributed by atoms with Crippen LogP contribution in [0.1, 0.15) is 37.2 Å². The van der Waals surface area contributed by atoms with Gasteiger partial charge in [-0.25, -0.2) is 0 Å². The average molecular weight is 264 g/mol. The molecule has 0 bridgehead atoms. The smallest absolute Gasteiger partial charge is 0.287 e. The van der Waals surface area contributed by atoms with Crippen molar-refractivity contribution in [1.82, 2.24) is 10.6 Å². The molecule has 104 valence electrons. The van der Waals surface area contributed by atoms with Crippen LogP contribution in [0.4, 0.5) is 0 Å². The molecule has 5 heteroatoms. The monoisotopic (exact) mass is 264 g/mol. The van der Waals surface area contributed by atoms with Gasteiger partial charge in [0.1, 0.15) is 6.04 Å². The van der Waals surface area contributed by atoms with Crippen molar-refractivity contribution in [2.75, 3.05) is 6.54 Å². The summed E-state index contributed by atoms with van der Waals surface area (Å²) in [5.41, 5.74) is 0. The molecule has 1 saturated carbocycles. The Labute approximate surface area is 112 Å². The second-order valence-corrected chi connectivity index (χ2v) is 5.36. The van der Waals surface area contributed by atoms with Gasteiger partial charge in [0.15, 0.2) is 5.76 Å². The Morgan fingerprint density at radius 2 is 2.16 bits per heavy atom. The number of carbonyl (C=O) groups is 2. The lowest BCUT2D eigenvalue weighted by Gasteiger charge is -2.21. The minimum Gasteiger partial charge on any atom is -0.459 e. The normalized spacial score (nSPS) is 16.2. The summed E-state index contributed by atoms with van der Waals surface area (Å²) in [4.78, 5) is 24.0. The fourth-order valence-corrected chi connectivity index (χ4v) is 1.83. The minimum absolute atomic E-state index is 0.0260. The molecule has 0 aromatic carbocycles. The van der Waals surface area contributed by atoms with E-state index in [0.29, 0.717) is 12.5 Å². The van der Waals surface area contributed by atoms with E-state index in [2.05, 4.69) is 10.6 Å². The third-order valence-corrected chi connectivity index (χ3v) is 3.24. The van der Waals surface area contributed by atoms with Crippen molar-refractivity contribution in [1.29, 1.82) is 0 Å². The number of furan rings is 1. The van der Waals surface area contributed by atoms with Crippen LogP contribution in [0.5, 0.6) is 0 Å². The molecule has 1 atom stereocenters. The van der Waals surface area contributed by atoms with Crippen molar-refractivity contribution in [3.63, 3.8) is 0 Å². The Morgan fingerprint density at radius 1 is 1.42 bits per heavy atom. The predicted molar refractivity (Wildman–Crippen MR) is 70.5 cm³/mol. The lowest BCUT2D eigenvalue weighted by atomic mass is 10.0. The van der Waals surface area contributed by atoms with E-state index in [1.807, 2.05) is 13.8 Å². The van der Waals surface area contributed by atoms with Crippen LogP contribution < -0.4 is 10.6 Å². The fourth-order valence-electron chi connectivity index (χ4n) is 1.83. The second-order valence-electron chi connectivity index (χ2n) is 5.36. The summed E-state index contributed by atoms with van der Waals surface area (Å²) in [5.74, 6) is 0.392. The van der Waals surface area contributed by atoms with E-state index < -0.39 is 6.04 Å². The van der Waals surface area contributed by atoms with Gasteiger partial charge in [0, 0.05) is 6.54 Å². The van der Waals surface area contributed by atoms with Gasteiger partial charge in [-0.3, -0.25) is 9.59 Å². The zero-order chi connectivity index (χ0) is 13.8. The molecule has 1 aliphatic carbocycles. The van der Waals surface area contributed by atoms with Gasteiger partial charge >= 0.3 is 0 Å². The van der Waals surface area contributed by atoms with Crippen LogP contribution in [0.25, 0.3) is 0 Å². The van der Waals surface area contributed by atoms with Crippen molar-refractivity contribution in [2.24, 2.45) is 11.8 Å². The van der Waals surface area contributed by atoms with Gasteiger partial charge in [0.25, 0.3) is 5.91 Å². The minimum atomic E-state index is -0.531. The van der Waals surface area contributed by atoms with Crippen LogP contribution in [-0.4, -0.2) is 24.4 Å². The standard InChI is InChI=1S/C14H20N2O3/c1-9(2)12(14(18)15-8-10-5-6-10)16-13(17)11-4-3-7-19-11/h3-4,7,9-10,12H,5-6,8H2,1-2H3,(H,15,18)(H,16,17). The number of rotatable bonds is 6. The maximum absolute atomic E-state index is 12.1. The van der Waals surface area contributed by atoms with Gasteiger partial charge in [-0.2, -0.15) is 0 Å². The summed E-state index contributed by atoms with van der Waals surface area (Å²) in [6.07, 6.45) is 3.81. The third kappa shape index (κ3) is 3.84. The van der Waals surface area contributed by atoms with E-state index in [-0.39, 0.29) is 23.5 Å². The maximum atomic E-state index is 12.1. The zero-order valence-electron chi connectivity index (χ0n) is 11.3. The molecule has 1 unspecified atom stereocenters. The van der Waals surface area contributed by atoms with Crippen LogP contribution >= 0.6 is 0 Å². The molecular formula is C14H20N2O3. The number of amides is 2. The molecule has 0 aliphatic heterocycles. The van der Waals surface area contributed by atoms with E-state index >= 15 is 0 Å². The SMILES string of the molecule is CC(C)C(NC(=O)c1ccco1)C(=O)NCC1CC1.